The van der Waals surface area contributed by atoms with E-state index in [2.05, 4.69) is 15.3 Å². The van der Waals surface area contributed by atoms with Crippen molar-refractivity contribution in [3.63, 3.8) is 0 Å². The minimum absolute atomic E-state index is 0.264. The molecule has 0 unspecified atom stereocenters. The summed E-state index contributed by atoms with van der Waals surface area (Å²) in [6.07, 6.45) is 0. The van der Waals surface area contributed by atoms with E-state index in [-0.39, 0.29) is 11.5 Å². The quantitative estimate of drug-likeness (QED) is 0.896. The van der Waals surface area contributed by atoms with Gasteiger partial charge < -0.3 is 10.3 Å². The number of thiazole rings is 1. The largest absolute Gasteiger partial charge is 0.346 e. The predicted octanol–water partition coefficient (Wildman–Crippen LogP) is 1.69. The fourth-order valence-electron chi connectivity index (χ4n) is 1.69. The van der Waals surface area contributed by atoms with E-state index in [9.17, 15) is 9.59 Å². The number of hydrogen-bond donors (Lipinski definition) is 2. The number of nitrogens with zero attached hydrogens (tertiary/aromatic N) is 1. The molecule has 0 aliphatic carbocycles. The van der Waals surface area contributed by atoms with Crippen LogP contribution in [0.2, 0.25) is 0 Å². The van der Waals surface area contributed by atoms with Crippen LogP contribution in [0.1, 0.15) is 31.6 Å². The Morgan fingerprint density at radius 2 is 2.11 bits per heavy atom. The number of carbonyl (C=O) groups is 1. The Bertz CT molecular complexity index is 653. The molecule has 0 fully saturated rings. The molecule has 1 amide bonds. The van der Waals surface area contributed by atoms with Crippen molar-refractivity contribution in [2.24, 2.45) is 0 Å². The number of carbonyl (C=O) groups excluding carboxylic acids is 1. The van der Waals surface area contributed by atoms with Crippen molar-refractivity contribution in [3.8, 4) is 0 Å². The molecule has 19 heavy (non-hydrogen) atoms. The Hall–Kier alpha value is -1.95. The molecule has 100 valence electrons. The average molecular weight is 277 g/mol. The third-order valence-corrected chi connectivity index (χ3v) is 3.79. The van der Waals surface area contributed by atoms with Crippen LogP contribution in [0, 0.1) is 20.8 Å². The summed E-state index contributed by atoms with van der Waals surface area (Å²) in [5.41, 5.74) is 1.75. The van der Waals surface area contributed by atoms with E-state index < -0.39 is 0 Å². The van der Waals surface area contributed by atoms with Crippen LogP contribution >= 0.6 is 11.3 Å². The van der Waals surface area contributed by atoms with Gasteiger partial charge in [0.25, 0.3) is 5.91 Å². The fraction of sp³-hybridized carbons (Fsp3) is 0.308. The number of aryl methyl sites for hydroxylation is 3. The van der Waals surface area contributed by atoms with Crippen molar-refractivity contribution in [2.45, 2.75) is 27.3 Å². The molecule has 2 aromatic rings. The molecule has 2 aromatic heterocycles. The molecule has 6 heteroatoms. The second-order valence-electron chi connectivity index (χ2n) is 4.35. The molecule has 5 nitrogen and oxygen atoms in total. The van der Waals surface area contributed by atoms with Crippen LogP contribution in [0.15, 0.2) is 16.9 Å². The van der Waals surface area contributed by atoms with Crippen LogP contribution < -0.4 is 10.9 Å². The first-order chi connectivity index (χ1) is 8.95. The number of rotatable bonds is 3. The zero-order chi connectivity index (χ0) is 14.0. The van der Waals surface area contributed by atoms with Crippen LogP contribution in [0.3, 0.4) is 0 Å². The van der Waals surface area contributed by atoms with Crippen LogP contribution in [0.25, 0.3) is 0 Å². The summed E-state index contributed by atoms with van der Waals surface area (Å²) in [6.45, 7) is 6.06. The Morgan fingerprint density at radius 1 is 1.37 bits per heavy atom. The van der Waals surface area contributed by atoms with Gasteiger partial charge in [0.05, 0.1) is 12.2 Å². The zero-order valence-corrected chi connectivity index (χ0v) is 11.9. The van der Waals surface area contributed by atoms with Gasteiger partial charge in [0.15, 0.2) is 0 Å². The number of pyridine rings is 1. The number of hydrogen-bond acceptors (Lipinski definition) is 4. The van der Waals surface area contributed by atoms with E-state index in [1.807, 2.05) is 13.8 Å². The van der Waals surface area contributed by atoms with Gasteiger partial charge in [0, 0.05) is 22.2 Å². The highest BCUT2D eigenvalue weighted by atomic mass is 32.1. The maximum atomic E-state index is 11.9. The minimum Gasteiger partial charge on any atom is -0.346 e. The van der Waals surface area contributed by atoms with Crippen molar-refractivity contribution >= 4 is 17.2 Å². The summed E-state index contributed by atoms with van der Waals surface area (Å²) < 4.78 is 0. The van der Waals surface area contributed by atoms with Gasteiger partial charge in [-0.15, -0.1) is 11.3 Å². The summed E-state index contributed by atoms with van der Waals surface area (Å²) in [5.74, 6) is -0.264. The number of H-pyrrole nitrogens is 1. The molecule has 0 saturated carbocycles. The van der Waals surface area contributed by atoms with Gasteiger partial charge >= 0.3 is 0 Å². The molecule has 0 bridgehead atoms. The standard InChI is InChI=1S/C13H15N3O2S/c1-7-4-10(5-11(17)15-7)13(18)14-6-12-16-8(2)9(3)19-12/h4-5H,6H2,1-3H3,(H,14,18)(H,15,17). The predicted molar refractivity (Wildman–Crippen MR) is 74.6 cm³/mol. The lowest BCUT2D eigenvalue weighted by molar-refractivity contribution is 0.0950. The van der Waals surface area contributed by atoms with E-state index in [0.29, 0.717) is 17.8 Å². The maximum absolute atomic E-state index is 11.9. The van der Waals surface area contributed by atoms with Crippen molar-refractivity contribution in [3.05, 3.63) is 49.3 Å². The van der Waals surface area contributed by atoms with Crippen molar-refractivity contribution in [2.75, 3.05) is 0 Å². The second kappa shape index (κ2) is 5.36. The Morgan fingerprint density at radius 3 is 2.68 bits per heavy atom. The van der Waals surface area contributed by atoms with Gasteiger partial charge in [0.1, 0.15) is 5.01 Å². The topological polar surface area (TPSA) is 74.8 Å². The van der Waals surface area contributed by atoms with E-state index in [0.717, 1.165) is 15.6 Å². The monoisotopic (exact) mass is 277 g/mol. The Labute approximate surface area is 114 Å². The molecule has 0 aliphatic heterocycles. The molecular weight excluding hydrogens is 262 g/mol. The summed E-state index contributed by atoms with van der Waals surface area (Å²) >= 11 is 1.56. The van der Waals surface area contributed by atoms with Gasteiger partial charge in [-0.2, -0.15) is 0 Å². The van der Waals surface area contributed by atoms with Crippen molar-refractivity contribution in [1.29, 1.82) is 0 Å². The van der Waals surface area contributed by atoms with Crippen LogP contribution in [0.5, 0.6) is 0 Å². The molecule has 0 aromatic carbocycles. The highest BCUT2D eigenvalue weighted by molar-refractivity contribution is 7.11. The van der Waals surface area contributed by atoms with E-state index in [1.54, 1.807) is 24.3 Å². The molecule has 0 radical (unpaired) electrons. The first kappa shape index (κ1) is 13.5. The van der Waals surface area contributed by atoms with Gasteiger partial charge in [-0.25, -0.2) is 4.98 Å². The summed E-state index contributed by atoms with van der Waals surface area (Å²) in [7, 11) is 0. The molecule has 0 spiro atoms. The van der Waals surface area contributed by atoms with Crippen molar-refractivity contribution < 1.29 is 4.79 Å². The van der Waals surface area contributed by atoms with Gasteiger partial charge in [-0.1, -0.05) is 0 Å². The van der Waals surface area contributed by atoms with Crippen LogP contribution in [0.4, 0.5) is 0 Å². The molecule has 2 N–H and O–H groups in total. The van der Waals surface area contributed by atoms with E-state index in [1.165, 1.54) is 6.07 Å². The van der Waals surface area contributed by atoms with Gasteiger partial charge in [0.2, 0.25) is 5.56 Å². The number of nitrogens with one attached hydrogen (secondary N) is 2. The number of amides is 1. The van der Waals surface area contributed by atoms with Crippen molar-refractivity contribution in [1.82, 2.24) is 15.3 Å². The van der Waals surface area contributed by atoms with E-state index >= 15 is 0 Å². The summed E-state index contributed by atoms with van der Waals surface area (Å²) in [5, 5.41) is 3.63. The molecule has 0 aliphatic rings. The highest BCUT2D eigenvalue weighted by Crippen LogP contribution is 2.16. The third kappa shape index (κ3) is 3.29. The maximum Gasteiger partial charge on any atom is 0.251 e. The van der Waals surface area contributed by atoms with Gasteiger partial charge in [-0.05, 0) is 26.8 Å². The summed E-state index contributed by atoms with van der Waals surface area (Å²) in [6, 6.07) is 2.94. The first-order valence-electron chi connectivity index (χ1n) is 5.88. The lowest BCUT2D eigenvalue weighted by Crippen LogP contribution is -2.24. The molecule has 0 atom stereocenters. The molecule has 0 saturated heterocycles. The minimum atomic E-state index is -0.272. The second-order valence-corrected chi connectivity index (χ2v) is 5.64. The number of aromatic amines is 1. The molecular formula is C13H15N3O2S. The first-order valence-corrected chi connectivity index (χ1v) is 6.69. The summed E-state index contributed by atoms with van der Waals surface area (Å²) in [4.78, 5) is 31.3. The molecule has 2 heterocycles. The normalized spacial score (nSPS) is 10.5. The molecule has 2 rings (SSSR count). The van der Waals surface area contributed by atoms with Gasteiger partial charge in [-0.3, -0.25) is 9.59 Å². The lowest BCUT2D eigenvalue weighted by atomic mass is 10.2. The smallest absolute Gasteiger partial charge is 0.251 e. The van der Waals surface area contributed by atoms with E-state index in [4.69, 9.17) is 0 Å². The average Bonchev–Trinajstić information content (AvgIpc) is 2.64. The third-order valence-electron chi connectivity index (χ3n) is 2.71. The van der Waals surface area contributed by atoms with Crippen LogP contribution in [-0.4, -0.2) is 15.9 Å². The van der Waals surface area contributed by atoms with Crippen LogP contribution in [-0.2, 0) is 6.54 Å². The highest BCUT2D eigenvalue weighted by Gasteiger charge is 2.09. The Kier molecular flexibility index (Phi) is 3.80. The fourth-order valence-corrected chi connectivity index (χ4v) is 2.56. The lowest BCUT2D eigenvalue weighted by Gasteiger charge is -2.03. The zero-order valence-electron chi connectivity index (χ0n) is 11.0. The SMILES string of the molecule is Cc1cc(C(=O)NCc2nc(C)c(C)s2)cc(=O)[nH]1. The Balaban J connectivity index is 2.07. The number of aromatic nitrogens is 2.